The number of likely N-dealkylation sites (tertiary alicyclic amines) is 1. The Morgan fingerprint density at radius 2 is 1.71 bits per heavy atom. The number of hydrogen-bond donors (Lipinski definition) is 1. The van der Waals surface area contributed by atoms with E-state index in [1.54, 1.807) is 29.2 Å². The van der Waals surface area contributed by atoms with Gasteiger partial charge < -0.3 is 10.2 Å². The fourth-order valence-corrected chi connectivity index (χ4v) is 1.91. The molecule has 0 unspecified atom stereocenters. The lowest BCUT2D eigenvalue weighted by Crippen LogP contribution is -2.37. The third-order valence-corrected chi connectivity index (χ3v) is 2.94. The Hall–Kier alpha value is -1.55. The molecule has 1 saturated heterocycles. The Balaban J connectivity index is 1.96. The molecule has 1 fully saturated rings. The van der Waals surface area contributed by atoms with Gasteiger partial charge in [0.15, 0.2) is 0 Å². The Morgan fingerprint density at radius 3 is 2.29 bits per heavy atom. The number of benzene rings is 1. The molecule has 1 heterocycles. The SMILES string of the molecule is O=C(Nc1ccc(Cl)cc1)C(=O)N1CCCC1. The van der Waals surface area contributed by atoms with Crippen LogP contribution in [0.1, 0.15) is 12.8 Å². The van der Waals surface area contributed by atoms with E-state index in [1.807, 2.05) is 0 Å². The number of hydrogen-bond acceptors (Lipinski definition) is 2. The summed E-state index contributed by atoms with van der Waals surface area (Å²) >= 11 is 5.73. The van der Waals surface area contributed by atoms with Crippen molar-refractivity contribution in [2.45, 2.75) is 12.8 Å². The lowest BCUT2D eigenvalue weighted by atomic mass is 10.3. The highest BCUT2D eigenvalue weighted by Crippen LogP contribution is 2.14. The molecule has 4 nitrogen and oxygen atoms in total. The molecule has 1 aromatic rings. The van der Waals surface area contributed by atoms with Crippen LogP contribution in [-0.2, 0) is 9.59 Å². The summed E-state index contributed by atoms with van der Waals surface area (Å²) in [6.45, 7) is 1.35. The smallest absolute Gasteiger partial charge is 0.313 e. The number of carbonyl (C=O) groups is 2. The molecule has 1 aromatic carbocycles. The molecule has 17 heavy (non-hydrogen) atoms. The van der Waals surface area contributed by atoms with E-state index in [0.717, 1.165) is 12.8 Å². The largest absolute Gasteiger partial charge is 0.334 e. The molecule has 0 spiro atoms. The van der Waals surface area contributed by atoms with Crippen LogP contribution >= 0.6 is 11.6 Å². The molecule has 0 atom stereocenters. The average Bonchev–Trinajstić information content (AvgIpc) is 2.84. The number of halogens is 1. The number of carbonyl (C=O) groups excluding carboxylic acids is 2. The van der Waals surface area contributed by atoms with Gasteiger partial charge in [-0.3, -0.25) is 9.59 Å². The van der Waals surface area contributed by atoms with Crippen molar-refractivity contribution >= 4 is 29.1 Å². The van der Waals surface area contributed by atoms with E-state index in [2.05, 4.69) is 5.32 Å². The summed E-state index contributed by atoms with van der Waals surface area (Å²) in [6, 6.07) is 6.66. The maximum atomic E-state index is 11.7. The second-order valence-corrected chi connectivity index (χ2v) is 4.40. The van der Waals surface area contributed by atoms with Gasteiger partial charge in [0.05, 0.1) is 0 Å². The lowest BCUT2D eigenvalue weighted by molar-refractivity contribution is -0.142. The average molecular weight is 253 g/mol. The van der Waals surface area contributed by atoms with E-state index in [1.165, 1.54) is 0 Å². The Kier molecular flexibility index (Phi) is 3.64. The number of amides is 2. The van der Waals surface area contributed by atoms with E-state index >= 15 is 0 Å². The molecule has 5 heteroatoms. The van der Waals surface area contributed by atoms with Crippen LogP contribution in [0, 0.1) is 0 Å². The van der Waals surface area contributed by atoms with Crippen LogP contribution in [0.3, 0.4) is 0 Å². The van der Waals surface area contributed by atoms with Crippen LogP contribution in [0.4, 0.5) is 5.69 Å². The quantitative estimate of drug-likeness (QED) is 0.776. The monoisotopic (exact) mass is 252 g/mol. The predicted molar refractivity (Wildman–Crippen MR) is 65.9 cm³/mol. The maximum Gasteiger partial charge on any atom is 0.313 e. The van der Waals surface area contributed by atoms with Gasteiger partial charge in [0, 0.05) is 23.8 Å². The van der Waals surface area contributed by atoms with E-state index < -0.39 is 11.8 Å². The highest BCUT2D eigenvalue weighted by molar-refractivity contribution is 6.39. The molecule has 1 aliphatic rings. The van der Waals surface area contributed by atoms with Crippen molar-refractivity contribution in [1.82, 2.24) is 4.90 Å². The first-order valence-corrected chi connectivity index (χ1v) is 5.90. The zero-order valence-corrected chi connectivity index (χ0v) is 10.0. The van der Waals surface area contributed by atoms with E-state index in [0.29, 0.717) is 23.8 Å². The van der Waals surface area contributed by atoms with Crippen LogP contribution in [0.2, 0.25) is 5.02 Å². The zero-order chi connectivity index (χ0) is 12.3. The van der Waals surface area contributed by atoms with Gasteiger partial charge in [-0.2, -0.15) is 0 Å². The molecule has 1 N–H and O–H groups in total. The van der Waals surface area contributed by atoms with Crippen molar-refractivity contribution in [3.8, 4) is 0 Å². The molecule has 1 aliphatic heterocycles. The summed E-state index contributed by atoms with van der Waals surface area (Å²) in [5, 5.41) is 3.15. The second-order valence-electron chi connectivity index (χ2n) is 3.96. The van der Waals surface area contributed by atoms with Crippen LogP contribution < -0.4 is 5.32 Å². The minimum absolute atomic E-state index is 0.461. The molecule has 0 radical (unpaired) electrons. The van der Waals surface area contributed by atoms with E-state index in [4.69, 9.17) is 11.6 Å². The molecule has 0 aliphatic carbocycles. The van der Waals surface area contributed by atoms with Crippen molar-refractivity contribution in [2.75, 3.05) is 18.4 Å². The highest BCUT2D eigenvalue weighted by Gasteiger charge is 2.24. The van der Waals surface area contributed by atoms with Gasteiger partial charge in [0.2, 0.25) is 0 Å². The third-order valence-electron chi connectivity index (χ3n) is 2.69. The van der Waals surface area contributed by atoms with Crippen molar-refractivity contribution < 1.29 is 9.59 Å². The van der Waals surface area contributed by atoms with Crippen LogP contribution in [0.5, 0.6) is 0 Å². The van der Waals surface area contributed by atoms with Crippen LogP contribution in [0.25, 0.3) is 0 Å². The van der Waals surface area contributed by atoms with Gasteiger partial charge in [-0.1, -0.05) is 11.6 Å². The van der Waals surface area contributed by atoms with Gasteiger partial charge in [-0.05, 0) is 37.1 Å². The zero-order valence-electron chi connectivity index (χ0n) is 9.28. The summed E-state index contributed by atoms with van der Waals surface area (Å²) in [5.74, 6) is -1.05. The van der Waals surface area contributed by atoms with E-state index in [-0.39, 0.29) is 0 Å². The minimum Gasteiger partial charge on any atom is -0.334 e. The minimum atomic E-state index is -0.589. The standard InChI is InChI=1S/C12H13ClN2O2/c13-9-3-5-10(6-4-9)14-11(16)12(17)15-7-1-2-8-15/h3-6H,1-2,7-8H2,(H,14,16). The number of rotatable bonds is 1. The van der Waals surface area contributed by atoms with Crippen molar-refractivity contribution in [3.05, 3.63) is 29.3 Å². The van der Waals surface area contributed by atoms with Gasteiger partial charge in [0.1, 0.15) is 0 Å². The van der Waals surface area contributed by atoms with Crippen molar-refractivity contribution in [2.24, 2.45) is 0 Å². The van der Waals surface area contributed by atoms with Gasteiger partial charge in [-0.15, -0.1) is 0 Å². The Morgan fingerprint density at radius 1 is 1.12 bits per heavy atom. The normalized spacial score (nSPS) is 14.8. The van der Waals surface area contributed by atoms with Crippen LogP contribution in [-0.4, -0.2) is 29.8 Å². The summed E-state index contributed by atoms with van der Waals surface area (Å²) < 4.78 is 0. The molecule has 90 valence electrons. The summed E-state index contributed by atoms with van der Waals surface area (Å²) in [5.41, 5.74) is 0.576. The van der Waals surface area contributed by atoms with Crippen molar-refractivity contribution in [1.29, 1.82) is 0 Å². The van der Waals surface area contributed by atoms with Gasteiger partial charge in [-0.25, -0.2) is 0 Å². The molecule has 0 saturated carbocycles. The first kappa shape index (κ1) is 11.9. The number of anilines is 1. The molecule has 0 aromatic heterocycles. The lowest BCUT2D eigenvalue weighted by Gasteiger charge is -2.14. The second kappa shape index (κ2) is 5.19. The van der Waals surface area contributed by atoms with E-state index in [9.17, 15) is 9.59 Å². The molecule has 2 rings (SSSR count). The Labute approximate surface area is 105 Å². The fourth-order valence-electron chi connectivity index (χ4n) is 1.78. The predicted octanol–water partition coefficient (Wildman–Crippen LogP) is 1.90. The first-order chi connectivity index (χ1) is 8.16. The highest BCUT2D eigenvalue weighted by atomic mass is 35.5. The maximum absolute atomic E-state index is 11.7. The van der Waals surface area contributed by atoms with Crippen molar-refractivity contribution in [3.63, 3.8) is 0 Å². The summed E-state index contributed by atoms with van der Waals surface area (Å²) in [7, 11) is 0. The molecule has 0 bridgehead atoms. The Bertz CT molecular complexity index is 425. The summed E-state index contributed by atoms with van der Waals surface area (Å²) in [6.07, 6.45) is 1.94. The molecular weight excluding hydrogens is 240 g/mol. The topological polar surface area (TPSA) is 49.4 Å². The van der Waals surface area contributed by atoms with Gasteiger partial charge >= 0.3 is 11.8 Å². The number of nitrogens with zero attached hydrogens (tertiary/aromatic N) is 1. The van der Waals surface area contributed by atoms with Gasteiger partial charge in [0.25, 0.3) is 0 Å². The summed E-state index contributed by atoms with van der Waals surface area (Å²) in [4.78, 5) is 24.9. The van der Waals surface area contributed by atoms with Crippen LogP contribution in [0.15, 0.2) is 24.3 Å². The first-order valence-electron chi connectivity index (χ1n) is 5.52. The number of nitrogens with one attached hydrogen (secondary N) is 1. The fraction of sp³-hybridized carbons (Fsp3) is 0.333. The third kappa shape index (κ3) is 2.97. The molecule has 2 amide bonds. The molecular formula is C12H13ClN2O2.